The van der Waals surface area contributed by atoms with Crippen LogP contribution in [-0.2, 0) is 5.41 Å². The first-order chi connectivity index (χ1) is 10.9. The van der Waals surface area contributed by atoms with Gasteiger partial charge in [-0.05, 0) is 36.4 Å². The molecule has 4 nitrogen and oxygen atoms in total. The number of nitrogens with zero attached hydrogens (tertiary/aromatic N) is 2. The molecule has 0 spiro atoms. The van der Waals surface area contributed by atoms with E-state index in [0.29, 0.717) is 11.7 Å². The number of furan rings is 1. The van der Waals surface area contributed by atoms with Crippen LogP contribution in [0.3, 0.4) is 0 Å². The van der Waals surface area contributed by atoms with E-state index in [-0.39, 0.29) is 5.41 Å². The lowest BCUT2D eigenvalue weighted by Crippen LogP contribution is -2.11. The molecule has 23 heavy (non-hydrogen) atoms. The molecule has 0 amide bonds. The highest BCUT2D eigenvalue weighted by Gasteiger charge is 2.22. The van der Waals surface area contributed by atoms with Gasteiger partial charge < -0.3 is 8.94 Å². The SMILES string of the molecule is CC(C)(C)c1nc(-c2ccc3oc4cc(S)ccc4c3c2)no1. The minimum Gasteiger partial charge on any atom is -0.456 e. The van der Waals surface area contributed by atoms with Crippen LogP contribution >= 0.6 is 12.6 Å². The molecule has 2 aromatic heterocycles. The quantitative estimate of drug-likeness (QED) is 0.488. The second kappa shape index (κ2) is 4.86. The number of benzene rings is 2. The zero-order chi connectivity index (χ0) is 16.2. The zero-order valence-corrected chi connectivity index (χ0v) is 14.0. The molecule has 0 saturated heterocycles. The van der Waals surface area contributed by atoms with Gasteiger partial charge in [-0.15, -0.1) is 12.6 Å². The van der Waals surface area contributed by atoms with Gasteiger partial charge in [-0.1, -0.05) is 25.9 Å². The van der Waals surface area contributed by atoms with Crippen LogP contribution in [0.4, 0.5) is 0 Å². The lowest BCUT2D eigenvalue weighted by molar-refractivity contribution is 0.321. The summed E-state index contributed by atoms with van der Waals surface area (Å²) >= 11 is 4.36. The molecule has 0 aliphatic rings. The van der Waals surface area contributed by atoms with Crippen molar-refractivity contribution in [2.24, 2.45) is 0 Å². The molecule has 4 aromatic rings. The van der Waals surface area contributed by atoms with E-state index in [2.05, 4.69) is 22.8 Å². The molecule has 2 heterocycles. The Kier molecular flexibility index (Phi) is 3.03. The van der Waals surface area contributed by atoms with Crippen molar-refractivity contribution in [2.45, 2.75) is 31.1 Å². The molecule has 0 saturated carbocycles. The Hall–Kier alpha value is -2.27. The maximum absolute atomic E-state index is 5.87. The van der Waals surface area contributed by atoms with Crippen LogP contribution in [0.2, 0.25) is 0 Å². The molecule has 0 aliphatic carbocycles. The number of hydrogen-bond donors (Lipinski definition) is 1. The van der Waals surface area contributed by atoms with E-state index in [4.69, 9.17) is 8.94 Å². The molecule has 0 unspecified atom stereocenters. The summed E-state index contributed by atoms with van der Waals surface area (Å²) in [6, 6.07) is 11.8. The third-order valence-electron chi connectivity index (χ3n) is 3.78. The van der Waals surface area contributed by atoms with E-state index in [1.54, 1.807) is 0 Å². The maximum Gasteiger partial charge on any atom is 0.232 e. The highest BCUT2D eigenvalue weighted by Crippen LogP contribution is 2.33. The van der Waals surface area contributed by atoms with Crippen LogP contribution in [-0.4, -0.2) is 10.1 Å². The number of hydrogen-bond acceptors (Lipinski definition) is 5. The van der Waals surface area contributed by atoms with E-state index in [1.165, 1.54) is 0 Å². The van der Waals surface area contributed by atoms with Gasteiger partial charge in [0.05, 0.1) is 0 Å². The molecule has 2 aromatic carbocycles. The lowest BCUT2D eigenvalue weighted by atomic mass is 9.97. The Bertz CT molecular complexity index is 1020. The molecular formula is C18H16N2O2S. The predicted octanol–water partition coefficient (Wildman–Crippen LogP) is 5.22. The average molecular weight is 324 g/mol. The van der Waals surface area contributed by atoms with Gasteiger partial charge in [-0.25, -0.2) is 0 Å². The van der Waals surface area contributed by atoms with E-state index < -0.39 is 0 Å². The van der Waals surface area contributed by atoms with Crippen LogP contribution < -0.4 is 0 Å². The van der Waals surface area contributed by atoms with Crippen molar-refractivity contribution < 1.29 is 8.94 Å². The molecule has 0 bridgehead atoms. The fourth-order valence-corrected chi connectivity index (χ4v) is 2.74. The summed E-state index contributed by atoms with van der Waals surface area (Å²) in [5, 5.41) is 6.20. The topological polar surface area (TPSA) is 52.1 Å². The van der Waals surface area contributed by atoms with Crippen LogP contribution in [0, 0.1) is 0 Å². The Balaban J connectivity index is 1.88. The molecule has 0 aliphatic heterocycles. The molecule has 0 atom stereocenters. The standard InChI is InChI=1S/C18H16N2O2S/c1-18(2,3)17-19-16(20-22-17)10-4-7-14-13(8-10)12-6-5-11(23)9-15(12)21-14/h4-9,23H,1-3H3. The number of thiol groups is 1. The second-order valence-electron chi connectivity index (χ2n) is 6.67. The van der Waals surface area contributed by atoms with Gasteiger partial charge in [0.25, 0.3) is 0 Å². The Morgan fingerprint density at radius 1 is 0.957 bits per heavy atom. The average Bonchev–Trinajstić information content (AvgIpc) is 3.10. The minimum absolute atomic E-state index is 0.166. The van der Waals surface area contributed by atoms with Crippen molar-refractivity contribution in [2.75, 3.05) is 0 Å². The lowest BCUT2D eigenvalue weighted by Gasteiger charge is -2.10. The van der Waals surface area contributed by atoms with E-state index >= 15 is 0 Å². The fourth-order valence-electron chi connectivity index (χ4n) is 2.55. The van der Waals surface area contributed by atoms with Crippen molar-refractivity contribution >= 4 is 34.6 Å². The number of rotatable bonds is 1. The smallest absolute Gasteiger partial charge is 0.232 e. The summed E-state index contributed by atoms with van der Waals surface area (Å²) in [4.78, 5) is 5.40. The van der Waals surface area contributed by atoms with Gasteiger partial charge >= 0.3 is 0 Å². The first-order valence-corrected chi connectivity index (χ1v) is 7.86. The first-order valence-electron chi connectivity index (χ1n) is 7.42. The molecule has 4 rings (SSSR count). The largest absolute Gasteiger partial charge is 0.456 e. The number of aromatic nitrogens is 2. The summed E-state index contributed by atoms with van der Waals surface area (Å²) in [7, 11) is 0. The van der Waals surface area contributed by atoms with Gasteiger partial charge in [-0.3, -0.25) is 0 Å². The van der Waals surface area contributed by atoms with Crippen LogP contribution in [0.1, 0.15) is 26.7 Å². The fraction of sp³-hybridized carbons (Fsp3) is 0.222. The zero-order valence-electron chi connectivity index (χ0n) is 13.1. The molecule has 116 valence electrons. The summed E-state index contributed by atoms with van der Waals surface area (Å²) in [5.74, 6) is 1.22. The van der Waals surface area contributed by atoms with Gasteiger partial charge in [-0.2, -0.15) is 4.98 Å². The van der Waals surface area contributed by atoms with Crippen LogP contribution in [0.15, 0.2) is 50.2 Å². The Labute approximate surface area is 138 Å². The van der Waals surface area contributed by atoms with Crippen molar-refractivity contribution in [1.29, 1.82) is 0 Å². The van der Waals surface area contributed by atoms with Gasteiger partial charge in [0.1, 0.15) is 11.2 Å². The van der Waals surface area contributed by atoms with Crippen LogP contribution in [0.25, 0.3) is 33.3 Å². The summed E-state index contributed by atoms with van der Waals surface area (Å²) < 4.78 is 11.3. The highest BCUT2D eigenvalue weighted by atomic mass is 32.1. The third kappa shape index (κ3) is 2.41. The van der Waals surface area contributed by atoms with Gasteiger partial charge in [0.15, 0.2) is 0 Å². The highest BCUT2D eigenvalue weighted by molar-refractivity contribution is 7.80. The first kappa shape index (κ1) is 14.3. The minimum atomic E-state index is -0.166. The van der Waals surface area contributed by atoms with Crippen molar-refractivity contribution in [3.8, 4) is 11.4 Å². The van der Waals surface area contributed by atoms with Crippen LogP contribution in [0.5, 0.6) is 0 Å². The van der Waals surface area contributed by atoms with Crippen molar-refractivity contribution in [3.05, 3.63) is 42.3 Å². The summed E-state index contributed by atoms with van der Waals surface area (Å²) in [6.07, 6.45) is 0. The molecular weight excluding hydrogens is 308 g/mol. The normalized spacial score (nSPS) is 12.3. The third-order valence-corrected chi connectivity index (χ3v) is 4.06. The van der Waals surface area contributed by atoms with Crippen molar-refractivity contribution in [3.63, 3.8) is 0 Å². The van der Waals surface area contributed by atoms with E-state index in [9.17, 15) is 0 Å². The van der Waals surface area contributed by atoms with E-state index in [1.807, 2.05) is 57.2 Å². The summed E-state index contributed by atoms with van der Waals surface area (Å²) in [5.41, 5.74) is 2.41. The summed E-state index contributed by atoms with van der Waals surface area (Å²) in [6.45, 7) is 6.14. The Morgan fingerprint density at radius 2 is 1.78 bits per heavy atom. The number of fused-ring (bicyclic) bond motifs is 3. The maximum atomic E-state index is 5.87. The monoisotopic (exact) mass is 324 g/mol. The molecule has 0 N–H and O–H groups in total. The molecule has 0 fully saturated rings. The van der Waals surface area contributed by atoms with Gasteiger partial charge in [0.2, 0.25) is 11.7 Å². The molecule has 5 heteroatoms. The van der Waals surface area contributed by atoms with Crippen molar-refractivity contribution in [1.82, 2.24) is 10.1 Å². The molecule has 0 radical (unpaired) electrons. The predicted molar refractivity (Wildman–Crippen MR) is 93.0 cm³/mol. The van der Waals surface area contributed by atoms with E-state index in [0.717, 1.165) is 32.4 Å². The Morgan fingerprint density at radius 3 is 2.52 bits per heavy atom. The second-order valence-corrected chi connectivity index (χ2v) is 7.18. The van der Waals surface area contributed by atoms with Gasteiger partial charge in [0, 0.05) is 26.6 Å².